The normalized spacial score (nSPS) is 16.8. The van der Waals surface area contributed by atoms with Crippen LogP contribution in [0.3, 0.4) is 0 Å². The molecule has 3 rings (SSSR count). The third kappa shape index (κ3) is 3.16. The van der Waals surface area contributed by atoms with E-state index >= 15 is 0 Å². The quantitative estimate of drug-likeness (QED) is 0.789. The Kier molecular flexibility index (Phi) is 4.87. The van der Waals surface area contributed by atoms with E-state index in [-0.39, 0.29) is 5.39 Å². The lowest BCUT2D eigenvalue weighted by atomic mass is 9.86. The Morgan fingerprint density at radius 2 is 2.16 bits per heavy atom. The molecule has 0 aliphatic heterocycles. The van der Waals surface area contributed by atoms with Crippen LogP contribution in [-0.4, -0.2) is 45.4 Å². The Labute approximate surface area is 146 Å². The number of thiophene rings is 1. The molecule has 0 amide bonds. The fourth-order valence-electron chi connectivity index (χ4n) is 3.29. The maximum Gasteiger partial charge on any atom is 0.323 e. The summed E-state index contributed by atoms with van der Waals surface area (Å²) in [4.78, 5) is 41.6. The first-order valence-electron chi connectivity index (χ1n) is 7.92. The molecule has 1 aliphatic rings. The van der Waals surface area contributed by atoms with Crippen molar-refractivity contribution in [1.29, 1.82) is 0 Å². The van der Waals surface area contributed by atoms with Gasteiger partial charge in [0.25, 0.3) is 5.56 Å². The monoisotopic (exact) mass is 366 g/mol. The number of methoxy groups -OCH3 is 1. The van der Waals surface area contributed by atoms with E-state index in [1.54, 1.807) is 0 Å². The number of ether oxygens (including phenoxy) is 1. The van der Waals surface area contributed by atoms with Crippen LogP contribution in [0.1, 0.15) is 35.0 Å². The van der Waals surface area contributed by atoms with E-state index < -0.39 is 30.0 Å². The molecular weight excluding hydrogens is 348 g/mol. The van der Waals surface area contributed by atoms with Crippen molar-refractivity contribution in [2.75, 3.05) is 13.7 Å². The molecule has 2 heterocycles. The molecule has 0 radical (unpaired) electrons. The van der Waals surface area contributed by atoms with Gasteiger partial charge in [0, 0.05) is 18.4 Å². The molecule has 0 aromatic carbocycles. The maximum atomic E-state index is 13.0. The molecule has 2 N–H and O–H groups in total. The lowest BCUT2D eigenvalue weighted by Gasteiger charge is -2.19. The van der Waals surface area contributed by atoms with E-state index in [9.17, 15) is 19.5 Å². The van der Waals surface area contributed by atoms with E-state index in [2.05, 4.69) is 4.98 Å². The zero-order valence-corrected chi connectivity index (χ0v) is 14.5. The van der Waals surface area contributed by atoms with Gasteiger partial charge in [-0.1, -0.05) is 0 Å². The van der Waals surface area contributed by atoms with Gasteiger partial charge in [0.05, 0.1) is 17.9 Å². The average Bonchev–Trinajstić information content (AvgIpc) is 2.93. The lowest BCUT2D eigenvalue weighted by Crippen LogP contribution is -2.30. The molecule has 0 saturated heterocycles. The first kappa shape index (κ1) is 17.6. The highest BCUT2D eigenvalue weighted by Gasteiger charge is 2.32. The Hall–Kier alpha value is -2.26. The molecule has 9 heteroatoms. The molecule has 1 aliphatic carbocycles. The topological polar surface area (TPSA) is 119 Å². The molecular formula is C16H18N2O6S. The van der Waals surface area contributed by atoms with Gasteiger partial charge in [0.2, 0.25) is 0 Å². The summed E-state index contributed by atoms with van der Waals surface area (Å²) in [5.74, 6) is -2.52. The molecule has 25 heavy (non-hydrogen) atoms. The van der Waals surface area contributed by atoms with Crippen molar-refractivity contribution < 1.29 is 24.5 Å². The second-order valence-electron chi connectivity index (χ2n) is 5.96. The van der Waals surface area contributed by atoms with Gasteiger partial charge in [-0.3, -0.25) is 19.0 Å². The summed E-state index contributed by atoms with van der Waals surface area (Å²) in [6.45, 7) is -0.205. The van der Waals surface area contributed by atoms with Crippen molar-refractivity contribution >= 4 is 33.5 Å². The van der Waals surface area contributed by atoms with E-state index in [0.717, 1.165) is 15.9 Å². The van der Waals surface area contributed by atoms with Crippen LogP contribution in [0.15, 0.2) is 4.79 Å². The van der Waals surface area contributed by atoms with Gasteiger partial charge in [0.15, 0.2) is 0 Å². The molecule has 1 atom stereocenters. The highest BCUT2D eigenvalue weighted by molar-refractivity contribution is 7.18. The van der Waals surface area contributed by atoms with Crippen LogP contribution in [0.2, 0.25) is 0 Å². The number of carbonyl (C=O) groups is 2. The predicted octanol–water partition coefficient (Wildman–Crippen LogP) is 1.24. The second-order valence-corrected chi connectivity index (χ2v) is 7.04. The van der Waals surface area contributed by atoms with Crippen LogP contribution in [0, 0.1) is 0 Å². The van der Waals surface area contributed by atoms with E-state index in [0.29, 0.717) is 42.1 Å². The molecule has 0 fully saturated rings. The number of aryl methyl sites for hydroxylation is 1. The van der Waals surface area contributed by atoms with Crippen molar-refractivity contribution in [1.82, 2.24) is 9.55 Å². The van der Waals surface area contributed by atoms with Gasteiger partial charge in [-0.05, 0) is 24.8 Å². The number of fused-ring (bicyclic) bond motifs is 3. The largest absolute Gasteiger partial charge is 0.481 e. The Morgan fingerprint density at radius 3 is 2.80 bits per heavy atom. The minimum absolute atomic E-state index is 0.259. The summed E-state index contributed by atoms with van der Waals surface area (Å²) < 4.78 is 6.13. The number of hydrogen-bond donors (Lipinski definition) is 2. The molecule has 0 bridgehead atoms. The fraction of sp³-hybridized carbons (Fsp3) is 0.500. The number of carboxylic acids is 2. The van der Waals surface area contributed by atoms with E-state index in [4.69, 9.17) is 9.84 Å². The smallest absolute Gasteiger partial charge is 0.323 e. The van der Waals surface area contributed by atoms with Crippen LogP contribution in [-0.2, 0) is 33.7 Å². The van der Waals surface area contributed by atoms with Crippen LogP contribution in [0.4, 0.5) is 0 Å². The first-order valence-corrected chi connectivity index (χ1v) is 8.74. The minimum atomic E-state index is -1.15. The lowest BCUT2D eigenvalue weighted by molar-refractivity contribution is -0.139. The highest BCUT2D eigenvalue weighted by Crippen LogP contribution is 2.40. The number of hydrogen-bond acceptors (Lipinski definition) is 6. The zero-order chi connectivity index (χ0) is 18.1. The van der Waals surface area contributed by atoms with Gasteiger partial charge in [-0.25, -0.2) is 4.98 Å². The summed E-state index contributed by atoms with van der Waals surface area (Å²) in [5.41, 5.74) is 0.0397. The molecule has 2 aromatic heterocycles. The number of rotatable bonds is 6. The third-order valence-electron chi connectivity index (χ3n) is 4.37. The number of aliphatic carboxylic acids is 2. The summed E-state index contributed by atoms with van der Waals surface area (Å²) in [7, 11) is 1.51. The molecule has 0 saturated carbocycles. The molecule has 1 unspecified atom stereocenters. The predicted molar refractivity (Wildman–Crippen MR) is 90.4 cm³/mol. The maximum absolute atomic E-state index is 13.0. The number of aromatic nitrogens is 2. The van der Waals surface area contributed by atoms with Crippen LogP contribution >= 0.6 is 11.3 Å². The minimum Gasteiger partial charge on any atom is -0.481 e. The Balaban J connectivity index is 2.27. The fourth-order valence-corrected chi connectivity index (χ4v) is 4.57. The van der Waals surface area contributed by atoms with Gasteiger partial charge in [-0.15, -0.1) is 11.3 Å². The van der Waals surface area contributed by atoms with Gasteiger partial charge in [0.1, 0.15) is 17.2 Å². The Morgan fingerprint density at radius 1 is 1.40 bits per heavy atom. The zero-order valence-electron chi connectivity index (χ0n) is 13.7. The summed E-state index contributed by atoms with van der Waals surface area (Å²) >= 11 is 1.33. The van der Waals surface area contributed by atoms with Crippen molar-refractivity contribution in [3.8, 4) is 0 Å². The van der Waals surface area contributed by atoms with Crippen LogP contribution in [0.25, 0.3) is 10.2 Å². The van der Waals surface area contributed by atoms with Crippen LogP contribution in [0.5, 0.6) is 0 Å². The number of carboxylic acid groups (broad SMARTS) is 2. The summed E-state index contributed by atoms with van der Waals surface area (Å²) in [6.07, 6.45) is 2.24. The highest BCUT2D eigenvalue weighted by atomic mass is 32.1. The van der Waals surface area contributed by atoms with Gasteiger partial charge >= 0.3 is 11.9 Å². The van der Waals surface area contributed by atoms with Crippen molar-refractivity contribution in [3.63, 3.8) is 0 Å². The number of nitrogens with zero attached hydrogens (tertiary/aromatic N) is 2. The standard InChI is InChI=1S/C16H18N2O6S/c1-24-6-5-10-17-14-13(15(21)18(10)7-11(19)20)12-8(16(22)23)3-2-4-9(12)25-14/h8H,2-7H2,1H3,(H,19,20)(H,22,23). The molecule has 134 valence electrons. The average molecular weight is 366 g/mol. The first-order chi connectivity index (χ1) is 11.9. The van der Waals surface area contributed by atoms with Crippen molar-refractivity contribution in [3.05, 3.63) is 26.6 Å². The molecule has 0 spiro atoms. The Bertz CT molecular complexity index is 900. The van der Waals surface area contributed by atoms with E-state index in [1.165, 1.54) is 18.4 Å². The SMILES string of the molecule is COCCc1nc2sc3c(c2c(=O)n1CC(=O)O)C(C(=O)O)CCC3. The second kappa shape index (κ2) is 6.93. The van der Waals surface area contributed by atoms with Gasteiger partial charge in [-0.2, -0.15) is 0 Å². The van der Waals surface area contributed by atoms with E-state index in [1.807, 2.05) is 0 Å². The third-order valence-corrected chi connectivity index (χ3v) is 5.53. The van der Waals surface area contributed by atoms with Crippen molar-refractivity contribution in [2.45, 2.75) is 38.1 Å². The van der Waals surface area contributed by atoms with Crippen LogP contribution < -0.4 is 5.56 Å². The summed E-state index contributed by atoms with van der Waals surface area (Å²) in [5, 5.41) is 18.9. The van der Waals surface area contributed by atoms with Crippen molar-refractivity contribution in [2.24, 2.45) is 0 Å². The molecule has 2 aromatic rings. The summed E-state index contributed by atoms with van der Waals surface area (Å²) in [6, 6.07) is 0. The van der Waals surface area contributed by atoms with Gasteiger partial charge < -0.3 is 14.9 Å². The molecule has 8 nitrogen and oxygen atoms in total.